The minimum Gasteiger partial charge on any atom is -0.339 e. The lowest BCUT2D eigenvalue weighted by atomic mass is 9.98. The van der Waals surface area contributed by atoms with Crippen LogP contribution in [0.5, 0.6) is 0 Å². The summed E-state index contributed by atoms with van der Waals surface area (Å²) < 4.78 is 0. The molecule has 0 amide bonds. The molecule has 6 heteroatoms. The van der Waals surface area contributed by atoms with Crippen molar-refractivity contribution in [2.75, 3.05) is 31.6 Å². The van der Waals surface area contributed by atoms with E-state index in [9.17, 15) is 0 Å². The van der Waals surface area contributed by atoms with Crippen LogP contribution in [0.15, 0.2) is 18.3 Å². The van der Waals surface area contributed by atoms with Crippen molar-refractivity contribution in [2.24, 2.45) is 5.92 Å². The lowest BCUT2D eigenvalue weighted by Crippen LogP contribution is -2.39. The van der Waals surface area contributed by atoms with Crippen LogP contribution < -0.4 is 10.2 Å². The van der Waals surface area contributed by atoms with Crippen molar-refractivity contribution < 1.29 is 0 Å². The maximum atomic E-state index is 4.66. The molecule has 1 aliphatic rings. The van der Waals surface area contributed by atoms with Gasteiger partial charge in [0.25, 0.3) is 0 Å². The van der Waals surface area contributed by atoms with Crippen molar-refractivity contribution in [2.45, 2.75) is 19.8 Å². The average Bonchev–Trinajstić information content (AvgIpc) is 2.98. The summed E-state index contributed by atoms with van der Waals surface area (Å²) in [7, 11) is 2.01. The number of aryl methyl sites for hydroxylation is 1. The molecule has 2 aromatic heterocycles. The van der Waals surface area contributed by atoms with Gasteiger partial charge in [-0.1, -0.05) is 0 Å². The summed E-state index contributed by atoms with van der Waals surface area (Å²) >= 11 is 0. The van der Waals surface area contributed by atoms with Gasteiger partial charge in [-0.2, -0.15) is 4.98 Å². The van der Waals surface area contributed by atoms with Crippen LogP contribution in [-0.4, -0.2) is 46.8 Å². The number of rotatable bonds is 4. The van der Waals surface area contributed by atoms with Crippen LogP contribution in [-0.2, 0) is 0 Å². The molecule has 0 radical (unpaired) electrons. The molecular weight excluding hydrogens is 264 g/mol. The van der Waals surface area contributed by atoms with Gasteiger partial charge in [0.2, 0.25) is 5.95 Å². The van der Waals surface area contributed by atoms with Crippen molar-refractivity contribution in [1.29, 1.82) is 0 Å². The largest absolute Gasteiger partial charge is 0.339 e. The average molecular weight is 286 g/mol. The Balaban J connectivity index is 1.77. The van der Waals surface area contributed by atoms with Crippen molar-refractivity contribution in [3.8, 4) is 11.4 Å². The third-order valence-electron chi connectivity index (χ3n) is 4.03. The van der Waals surface area contributed by atoms with Crippen LogP contribution in [0.4, 0.5) is 5.95 Å². The van der Waals surface area contributed by atoms with E-state index in [1.807, 2.05) is 26.1 Å². The predicted octanol–water partition coefficient (Wildman–Crippen LogP) is 1.61. The molecule has 112 valence electrons. The van der Waals surface area contributed by atoms with E-state index < -0.39 is 0 Å². The fourth-order valence-electron chi connectivity index (χ4n) is 2.95. The third kappa shape index (κ3) is 3.05. The zero-order valence-electron chi connectivity index (χ0n) is 12.6. The van der Waals surface area contributed by atoms with Crippen molar-refractivity contribution in [3.05, 3.63) is 24.0 Å². The van der Waals surface area contributed by atoms with Crippen molar-refractivity contribution in [3.63, 3.8) is 0 Å². The maximum absolute atomic E-state index is 4.66. The molecule has 6 nitrogen and oxygen atoms in total. The van der Waals surface area contributed by atoms with E-state index in [-0.39, 0.29) is 0 Å². The molecule has 3 heterocycles. The summed E-state index contributed by atoms with van der Waals surface area (Å²) in [4.78, 5) is 11.2. The first-order chi connectivity index (χ1) is 10.3. The first-order valence-corrected chi connectivity index (χ1v) is 7.52. The summed E-state index contributed by atoms with van der Waals surface area (Å²) in [6.07, 6.45) is 4.27. The fraction of sp³-hybridized carbons (Fsp3) is 0.533. The standard InChI is InChI=1S/C15H22N6/c1-11-13(6-3-7-17-11)14-18-15(20-19-14)21-8-4-5-12(10-21)9-16-2/h3,6-7,12,16H,4-5,8-10H2,1-2H3,(H,18,19,20). The highest BCUT2D eigenvalue weighted by Crippen LogP contribution is 2.23. The van der Waals surface area contributed by atoms with Crippen LogP contribution in [0.1, 0.15) is 18.5 Å². The van der Waals surface area contributed by atoms with E-state index in [4.69, 9.17) is 0 Å². The van der Waals surface area contributed by atoms with Gasteiger partial charge in [0.05, 0.1) is 0 Å². The van der Waals surface area contributed by atoms with E-state index in [0.29, 0.717) is 5.92 Å². The van der Waals surface area contributed by atoms with Gasteiger partial charge in [0, 0.05) is 30.5 Å². The first kappa shape index (κ1) is 14.0. The van der Waals surface area contributed by atoms with Crippen LogP contribution in [0.3, 0.4) is 0 Å². The molecule has 21 heavy (non-hydrogen) atoms. The highest BCUT2D eigenvalue weighted by molar-refractivity contribution is 5.58. The van der Waals surface area contributed by atoms with Gasteiger partial charge in [-0.15, -0.1) is 5.10 Å². The summed E-state index contributed by atoms with van der Waals surface area (Å²) in [5, 5.41) is 10.7. The number of aromatic amines is 1. The second-order valence-electron chi connectivity index (χ2n) is 5.63. The van der Waals surface area contributed by atoms with Crippen molar-refractivity contribution >= 4 is 5.95 Å². The molecule has 3 rings (SSSR count). The predicted molar refractivity (Wildman–Crippen MR) is 83.2 cm³/mol. The molecule has 1 saturated heterocycles. The van der Waals surface area contributed by atoms with Gasteiger partial charge in [0.1, 0.15) is 0 Å². The Kier molecular flexibility index (Phi) is 4.15. The first-order valence-electron chi connectivity index (χ1n) is 7.52. The van der Waals surface area contributed by atoms with Gasteiger partial charge in [-0.05, 0) is 51.4 Å². The quantitative estimate of drug-likeness (QED) is 0.893. The number of piperidine rings is 1. The number of nitrogens with one attached hydrogen (secondary N) is 2. The van der Waals surface area contributed by atoms with Gasteiger partial charge in [-0.3, -0.25) is 10.1 Å². The number of anilines is 1. The Bertz CT molecular complexity index is 591. The molecule has 0 spiro atoms. The molecular formula is C15H22N6. The zero-order valence-corrected chi connectivity index (χ0v) is 12.6. The lowest BCUT2D eigenvalue weighted by Gasteiger charge is -2.31. The van der Waals surface area contributed by atoms with Gasteiger partial charge in [-0.25, -0.2) is 0 Å². The number of hydrogen-bond donors (Lipinski definition) is 2. The van der Waals surface area contributed by atoms with Crippen molar-refractivity contribution in [1.82, 2.24) is 25.5 Å². The Morgan fingerprint density at radius 2 is 2.38 bits per heavy atom. The molecule has 1 aliphatic heterocycles. The number of H-pyrrole nitrogens is 1. The normalized spacial score (nSPS) is 19.0. The Labute approximate surface area is 125 Å². The zero-order chi connectivity index (χ0) is 14.7. The minimum atomic E-state index is 0.672. The Morgan fingerprint density at radius 3 is 3.19 bits per heavy atom. The number of hydrogen-bond acceptors (Lipinski definition) is 5. The summed E-state index contributed by atoms with van der Waals surface area (Å²) in [6, 6.07) is 3.95. The Hall–Kier alpha value is -1.95. The van der Waals surface area contributed by atoms with Crippen LogP contribution in [0, 0.1) is 12.8 Å². The van der Waals surface area contributed by atoms with Gasteiger partial charge >= 0.3 is 0 Å². The van der Waals surface area contributed by atoms with E-state index in [1.54, 1.807) is 6.20 Å². The van der Waals surface area contributed by atoms with Crippen LogP contribution in [0.2, 0.25) is 0 Å². The Morgan fingerprint density at radius 1 is 1.48 bits per heavy atom. The number of aromatic nitrogens is 4. The molecule has 0 saturated carbocycles. The molecule has 0 aromatic carbocycles. The number of nitrogens with zero attached hydrogens (tertiary/aromatic N) is 4. The van der Waals surface area contributed by atoms with E-state index in [2.05, 4.69) is 30.4 Å². The smallest absolute Gasteiger partial charge is 0.245 e. The fourth-order valence-corrected chi connectivity index (χ4v) is 2.95. The molecule has 1 atom stereocenters. The lowest BCUT2D eigenvalue weighted by molar-refractivity contribution is 0.399. The second-order valence-corrected chi connectivity index (χ2v) is 5.63. The number of pyridine rings is 1. The summed E-state index contributed by atoms with van der Waals surface area (Å²) in [5.74, 6) is 2.27. The molecule has 1 unspecified atom stereocenters. The molecule has 2 aromatic rings. The molecule has 1 fully saturated rings. The summed E-state index contributed by atoms with van der Waals surface area (Å²) in [5.41, 5.74) is 1.98. The van der Waals surface area contributed by atoms with E-state index >= 15 is 0 Å². The van der Waals surface area contributed by atoms with Gasteiger partial charge < -0.3 is 10.2 Å². The molecule has 2 N–H and O–H groups in total. The molecule has 0 aliphatic carbocycles. The SMILES string of the molecule is CNCC1CCCN(c2n[nH]c(-c3cccnc3C)n2)C1. The maximum Gasteiger partial charge on any atom is 0.245 e. The highest BCUT2D eigenvalue weighted by Gasteiger charge is 2.22. The topological polar surface area (TPSA) is 69.7 Å². The van der Waals surface area contributed by atoms with Crippen LogP contribution in [0.25, 0.3) is 11.4 Å². The highest BCUT2D eigenvalue weighted by atomic mass is 15.4. The molecule has 0 bridgehead atoms. The van der Waals surface area contributed by atoms with E-state index in [1.165, 1.54) is 12.8 Å². The third-order valence-corrected chi connectivity index (χ3v) is 4.03. The minimum absolute atomic E-state index is 0.672. The second kappa shape index (κ2) is 6.22. The van der Waals surface area contributed by atoms with Gasteiger partial charge in [0.15, 0.2) is 5.82 Å². The monoisotopic (exact) mass is 286 g/mol. The van der Waals surface area contributed by atoms with E-state index in [0.717, 1.165) is 42.7 Å². The summed E-state index contributed by atoms with van der Waals surface area (Å²) in [6.45, 7) is 5.09. The van der Waals surface area contributed by atoms with Crippen LogP contribution >= 0.6 is 0 Å².